The van der Waals surface area contributed by atoms with Crippen LogP contribution >= 0.6 is 0 Å². The first-order valence-corrected chi connectivity index (χ1v) is 6.41. The fraction of sp³-hybridized carbons (Fsp3) is 0.538. The van der Waals surface area contributed by atoms with E-state index in [0.29, 0.717) is 37.6 Å². The smallest absolute Gasteiger partial charge is 0.488 e. The molecule has 1 atom stereocenters. The molecule has 0 radical (unpaired) electrons. The van der Waals surface area contributed by atoms with Crippen LogP contribution in [0.3, 0.4) is 0 Å². The maximum absolute atomic E-state index is 9.04. The van der Waals surface area contributed by atoms with E-state index in [0.717, 1.165) is 0 Å². The van der Waals surface area contributed by atoms with E-state index in [4.69, 9.17) is 24.3 Å². The Balaban J connectivity index is 2.24. The third-order valence-electron chi connectivity index (χ3n) is 2.47. The van der Waals surface area contributed by atoms with Gasteiger partial charge in [0.05, 0.1) is 19.3 Å². The van der Waals surface area contributed by atoms with Gasteiger partial charge in [0.25, 0.3) is 0 Å². The zero-order valence-electron chi connectivity index (χ0n) is 11.4. The molecule has 0 aliphatic carbocycles. The molecule has 0 aliphatic heterocycles. The van der Waals surface area contributed by atoms with E-state index in [1.54, 1.807) is 24.3 Å². The molecule has 0 amide bonds. The first-order chi connectivity index (χ1) is 9.13. The molecule has 1 unspecified atom stereocenters. The highest BCUT2D eigenvalue weighted by atomic mass is 16.5. The van der Waals surface area contributed by atoms with E-state index in [-0.39, 0.29) is 6.10 Å². The van der Waals surface area contributed by atoms with Gasteiger partial charge in [-0.1, -0.05) is 12.1 Å². The number of rotatable bonds is 9. The van der Waals surface area contributed by atoms with E-state index in [2.05, 4.69) is 0 Å². The van der Waals surface area contributed by atoms with Crippen molar-refractivity contribution in [3.05, 3.63) is 24.3 Å². The van der Waals surface area contributed by atoms with Gasteiger partial charge in [0, 0.05) is 6.61 Å². The highest BCUT2D eigenvalue weighted by molar-refractivity contribution is 6.58. The summed E-state index contributed by atoms with van der Waals surface area (Å²) in [6.45, 7) is 6.00. The number of hydrogen-bond acceptors (Lipinski definition) is 5. The van der Waals surface area contributed by atoms with Gasteiger partial charge in [-0.3, -0.25) is 0 Å². The Hall–Kier alpha value is -1.08. The number of hydrogen-bond donors (Lipinski definition) is 2. The Kier molecular flexibility index (Phi) is 7.51. The van der Waals surface area contributed by atoms with Crippen LogP contribution in [0.5, 0.6) is 5.75 Å². The van der Waals surface area contributed by atoms with Crippen LogP contribution in [0, 0.1) is 0 Å². The van der Waals surface area contributed by atoms with Crippen LogP contribution in [0.2, 0.25) is 0 Å². The first-order valence-electron chi connectivity index (χ1n) is 6.41. The molecule has 1 aromatic rings. The van der Waals surface area contributed by atoms with E-state index in [9.17, 15) is 0 Å². The van der Waals surface area contributed by atoms with Crippen LogP contribution in [0.1, 0.15) is 13.8 Å². The molecule has 6 heteroatoms. The second-order valence-electron chi connectivity index (χ2n) is 4.14. The Labute approximate surface area is 114 Å². The average molecular weight is 268 g/mol. The molecular weight excluding hydrogens is 247 g/mol. The molecule has 19 heavy (non-hydrogen) atoms. The van der Waals surface area contributed by atoms with Crippen LogP contribution in [0.4, 0.5) is 0 Å². The fourth-order valence-corrected chi connectivity index (χ4v) is 1.51. The summed E-state index contributed by atoms with van der Waals surface area (Å²) >= 11 is 0. The topological polar surface area (TPSA) is 68.2 Å². The first kappa shape index (κ1) is 16.0. The summed E-state index contributed by atoms with van der Waals surface area (Å²) < 4.78 is 16.2. The largest absolute Gasteiger partial charge is 0.491 e. The van der Waals surface area contributed by atoms with Crippen molar-refractivity contribution in [1.82, 2.24) is 0 Å². The van der Waals surface area contributed by atoms with Gasteiger partial charge in [0.15, 0.2) is 0 Å². The van der Waals surface area contributed by atoms with Crippen molar-refractivity contribution in [1.29, 1.82) is 0 Å². The standard InChI is InChI=1S/C13H21BO5/c1-3-17-10-11(2)18-7-8-19-13-6-4-5-12(9-13)14(15)16/h4-6,9,11,15-16H,3,7-8,10H2,1-2H3. The summed E-state index contributed by atoms with van der Waals surface area (Å²) in [5.74, 6) is 0.590. The zero-order valence-corrected chi connectivity index (χ0v) is 11.4. The van der Waals surface area contributed by atoms with Crippen molar-refractivity contribution in [2.75, 3.05) is 26.4 Å². The summed E-state index contributed by atoms with van der Waals surface area (Å²) in [7, 11) is -1.48. The summed E-state index contributed by atoms with van der Waals surface area (Å²) in [6, 6.07) is 6.69. The highest BCUT2D eigenvalue weighted by Gasteiger charge is 2.11. The summed E-state index contributed by atoms with van der Waals surface area (Å²) in [4.78, 5) is 0. The summed E-state index contributed by atoms with van der Waals surface area (Å²) in [5.41, 5.74) is 0.406. The molecule has 0 bridgehead atoms. The quantitative estimate of drug-likeness (QED) is 0.494. The molecule has 2 N–H and O–H groups in total. The van der Waals surface area contributed by atoms with Crippen LogP contribution in [-0.4, -0.2) is 49.7 Å². The maximum atomic E-state index is 9.04. The van der Waals surface area contributed by atoms with Gasteiger partial charge in [0.2, 0.25) is 0 Å². The lowest BCUT2D eigenvalue weighted by Crippen LogP contribution is -2.29. The molecule has 0 saturated heterocycles. The highest BCUT2D eigenvalue weighted by Crippen LogP contribution is 2.07. The average Bonchev–Trinajstić information content (AvgIpc) is 2.41. The third-order valence-corrected chi connectivity index (χ3v) is 2.47. The second-order valence-corrected chi connectivity index (χ2v) is 4.14. The van der Waals surface area contributed by atoms with Crippen molar-refractivity contribution in [3.8, 4) is 5.75 Å². The van der Waals surface area contributed by atoms with Crippen molar-refractivity contribution in [3.63, 3.8) is 0 Å². The predicted octanol–water partition coefficient (Wildman–Crippen LogP) is 0.187. The van der Waals surface area contributed by atoms with Gasteiger partial charge in [-0.05, 0) is 31.4 Å². The molecule has 0 fully saturated rings. The van der Waals surface area contributed by atoms with Gasteiger partial charge >= 0.3 is 7.12 Å². The van der Waals surface area contributed by atoms with Crippen molar-refractivity contribution < 1.29 is 24.3 Å². The van der Waals surface area contributed by atoms with Crippen molar-refractivity contribution >= 4 is 12.6 Å². The summed E-state index contributed by atoms with van der Waals surface area (Å²) in [5, 5.41) is 18.1. The van der Waals surface area contributed by atoms with E-state index < -0.39 is 7.12 Å². The lowest BCUT2D eigenvalue weighted by molar-refractivity contribution is -0.0127. The maximum Gasteiger partial charge on any atom is 0.488 e. The zero-order chi connectivity index (χ0) is 14.1. The molecule has 1 rings (SSSR count). The Morgan fingerprint density at radius 3 is 2.74 bits per heavy atom. The molecule has 0 aromatic heterocycles. The van der Waals surface area contributed by atoms with Crippen LogP contribution in [0.15, 0.2) is 24.3 Å². The van der Waals surface area contributed by atoms with Crippen molar-refractivity contribution in [2.45, 2.75) is 20.0 Å². The van der Waals surface area contributed by atoms with Gasteiger partial charge in [0.1, 0.15) is 12.4 Å². The fourth-order valence-electron chi connectivity index (χ4n) is 1.51. The molecule has 106 valence electrons. The molecular formula is C13H21BO5. The van der Waals surface area contributed by atoms with Gasteiger partial charge in [-0.25, -0.2) is 0 Å². The van der Waals surface area contributed by atoms with E-state index in [1.807, 2.05) is 13.8 Å². The Bertz CT molecular complexity index is 359. The van der Waals surface area contributed by atoms with Gasteiger partial charge < -0.3 is 24.3 Å². The lowest BCUT2D eigenvalue weighted by atomic mass is 9.80. The second kappa shape index (κ2) is 8.93. The molecule has 1 aromatic carbocycles. The lowest BCUT2D eigenvalue weighted by Gasteiger charge is -2.13. The minimum absolute atomic E-state index is 0.0362. The predicted molar refractivity (Wildman–Crippen MR) is 73.7 cm³/mol. The van der Waals surface area contributed by atoms with E-state index >= 15 is 0 Å². The van der Waals surface area contributed by atoms with Gasteiger partial charge in [-0.2, -0.15) is 0 Å². The Morgan fingerprint density at radius 2 is 2.05 bits per heavy atom. The molecule has 0 heterocycles. The molecule has 0 spiro atoms. The Morgan fingerprint density at radius 1 is 1.26 bits per heavy atom. The number of ether oxygens (including phenoxy) is 3. The van der Waals surface area contributed by atoms with Crippen molar-refractivity contribution in [2.24, 2.45) is 0 Å². The monoisotopic (exact) mass is 268 g/mol. The molecule has 0 aliphatic rings. The SMILES string of the molecule is CCOCC(C)OCCOc1cccc(B(O)O)c1. The molecule has 5 nitrogen and oxygen atoms in total. The third kappa shape index (κ3) is 6.59. The van der Waals surface area contributed by atoms with Crippen LogP contribution in [-0.2, 0) is 9.47 Å². The van der Waals surface area contributed by atoms with Crippen LogP contribution in [0.25, 0.3) is 0 Å². The van der Waals surface area contributed by atoms with Gasteiger partial charge in [-0.15, -0.1) is 0 Å². The minimum Gasteiger partial charge on any atom is -0.491 e. The molecule has 0 saturated carbocycles. The van der Waals surface area contributed by atoms with E-state index in [1.165, 1.54) is 0 Å². The summed E-state index contributed by atoms with van der Waals surface area (Å²) in [6.07, 6.45) is 0.0362. The normalized spacial score (nSPS) is 12.2. The minimum atomic E-state index is -1.48. The number of benzene rings is 1. The van der Waals surface area contributed by atoms with Crippen LogP contribution < -0.4 is 10.2 Å².